The topological polar surface area (TPSA) is 68.7 Å². The van der Waals surface area contributed by atoms with Crippen molar-refractivity contribution in [1.29, 1.82) is 0 Å². The molecule has 0 saturated heterocycles. The van der Waals surface area contributed by atoms with Gasteiger partial charge in [0.15, 0.2) is 6.10 Å². The maximum absolute atomic E-state index is 11.3. The molecule has 2 aromatic carbocycles. The van der Waals surface area contributed by atoms with Crippen LogP contribution in [0, 0.1) is 13.8 Å². The Hall–Kier alpha value is -2.70. The molecule has 1 aromatic heterocycles. The summed E-state index contributed by atoms with van der Waals surface area (Å²) in [6.45, 7) is 6.57. The number of hydrogen-bond donors (Lipinski definition) is 1. The van der Waals surface area contributed by atoms with Gasteiger partial charge in [0, 0.05) is 18.6 Å². The highest BCUT2D eigenvalue weighted by Crippen LogP contribution is 2.29. The lowest BCUT2D eigenvalue weighted by Crippen LogP contribution is -2.26. The fourth-order valence-electron chi connectivity index (χ4n) is 3.02. The van der Waals surface area contributed by atoms with Crippen LogP contribution in [0.5, 0.6) is 5.75 Å². The number of rotatable bonds is 9. The standard InChI is InChI=1S/C23H25NO4S/c1-4-27-20(23(25)26)13-18-10-11-19(12-15(18)2)28-14-21-16(3)24-22(29-21)17-8-6-5-7-9-17/h5-12,20H,4,13-14H2,1-3H3,(H,25,26). The Labute approximate surface area is 175 Å². The van der Waals surface area contributed by atoms with Crippen molar-refractivity contribution >= 4 is 17.3 Å². The molecule has 0 aliphatic carbocycles. The highest BCUT2D eigenvalue weighted by atomic mass is 32.1. The number of carbonyl (C=O) groups is 1. The predicted molar refractivity (Wildman–Crippen MR) is 115 cm³/mol. The lowest BCUT2D eigenvalue weighted by atomic mass is 10.0. The van der Waals surface area contributed by atoms with E-state index in [1.54, 1.807) is 18.3 Å². The van der Waals surface area contributed by atoms with E-state index >= 15 is 0 Å². The summed E-state index contributed by atoms with van der Waals surface area (Å²) in [6.07, 6.45) is -0.495. The number of thiazole rings is 1. The highest BCUT2D eigenvalue weighted by Gasteiger charge is 2.19. The van der Waals surface area contributed by atoms with Crippen molar-refractivity contribution in [3.05, 3.63) is 70.2 Å². The van der Waals surface area contributed by atoms with E-state index in [0.717, 1.165) is 38.0 Å². The Morgan fingerprint density at radius 1 is 1.17 bits per heavy atom. The minimum atomic E-state index is -0.943. The van der Waals surface area contributed by atoms with Crippen molar-refractivity contribution < 1.29 is 19.4 Å². The maximum atomic E-state index is 11.3. The smallest absolute Gasteiger partial charge is 0.333 e. The van der Waals surface area contributed by atoms with Crippen LogP contribution in [0.2, 0.25) is 0 Å². The zero-order chi connectivity index (χ0) is 20.8. The van der Waals surface area contributed by atoms with E-state index in [-0.39, 0.29) is 0 Å². The third-order valence-electron chi connectivity index (χ3n) is 4.65. The van der Waals surface area contributed by atoms with Gasteiger partial charge in [0.2, 0.25) is 0 Å². The van der Waals surface area contributed by atoms with Gasteiger partial charge in [-0.15, -0.1) is 11.3 Å². The average Bonchev–Trinajstić information content (AvgIpc) is 3.09. The van der Waals surface area contributed by atoms with Gasteiger partial charge in [-0.3, -0.25) is 0 Å². The molecule has 0 aliphatic rings. The maximum Gasteiger partial charge on any atom is 0.333 e. The second kappa shape index (κ2) is 9.67. The van der Waals surface area contributed by atoms with Crippen molar-refractivity contribution in [3.63, 3.8) is 0 Å². The zero-order valence-electron chi connectivity index (χ0n) is 16.8. The predicted octanol–water partition coefficient (Wildman–Crippen LogP) is 5.04. The van der Waals surface area contributed by atoms with Crippen LogP contribution in [-0.4, -0.2) is 28.8 Å². The van der Waals surface area contributed by atoms with Gasteiger partial charge >= 0.3 is 5.97 Å². The van der Waals surface area contributed by atoms with Crippen LogP contribution >= 0.6 is 11.3 Å². The molecule has 152 valence electrons. The quantitative estimate of drug-likeness (QED) is 0.534. The van der Waals surface area contributed by atoms with Crippen LogP contribution in [0.4, 0.5) is 0 Å². The van der Waals surface area contributed by atoms with Crippen molar-refractivity contribution in [3.8, 4) is 16.3 Å². The molecule has 3 aromatic rings. The minimum absolute atomic E-state index is 0.337. The third-order valence-corrected chi connectivity index (χ3v) is 5.83. The normalized spacial score (nSPS) is 12.0. The van der Waals surface area contributed by atoms with Gasteiger partial charge in [-0.2, -0.15) is 0 Å². The largest absolute Gasteiger partial charge is 0.488 e. The number of carboxylic acid groups (broad SMARTS) is 1. The second-order valence-electron chi connectivity index (χ2n) is 6.76. The number of ether oxygens (including phenoxy) is 2. The molecule has 0 bridgehead atoms. The zero-order valence-corrected chi connectivity index (χ0v) is 17.7. The lowest BCUT2D eigenvalue weighted by Gasteiger charge is -2.15. The first-order chi connectivity index (χ1) is 14.0. The molecule has 0 radical (unpaired) electrons. The number of nitrogens with zero attached hydrogens (tertiary/aromatic N) is 1. The van der Waals surface area contributed by atoms with E-state index in [1.165, 1.54) is 0 Å². The summed E-state index contributed by atoms with van der Waals surface area (Å²) in [5.74, 6) is -0.190. The number of aliphatic carboxylic acids is 1. The molecule has 29 heavy (non-hydrogen) atoms. The molecular weight excluding hydrogens is 386 g/mol. The molecule has 5 nitrogen and oxygen atoms in total. The van der Waals surface area contributed by atoms with Crippen LogP contribution in [0.25, 0.3) is 10.6 Å². The average molecular weight is 412 g/mol. The van der Waals surface area contributed by atoms with Crippen molar-refractivity contribution in [2.45, 2.75) is 39.9 Å². The molecule has 0 saturated carbocycles. The van der Waals surface area contributed by atoms with Crippen LogP contribution in [0.1, 0.15) is 28.6 Å². The van der Waals surface area contributed by atoms with E-state index in [2.05, 4.69) is 17.1 Å². The summed E-state index contributed by atoms with van der Waals surface area (Å²) in [4.78, 5) is 17.1. The fourth-order valence-corrected chi connectivity index (χ4v) is 4.00. The Bertz CT molecular complexity index is 968. The fraction of sp³-hybridized carbons (Fsp3) is 0.304. The SMILES string of the molecule is CCOC(Cc1ccc(OCc2sc(-c3ccccc3)nc2C)cc1C)C(=O)O. The molecule has 0 spiro atoms. The number of aryl methyl sites for hydroxylation is 2. The second-order valence-corrected chi connectivity index (χ2v) is 7.84. The van der Waals surface area contributed by atoms with E-state index in [0.29, 0.717) is 19.6 Å². The summed E-state index contributed by atoms with van der Waals surface area (Å²) >= 11 is 1.64. The first-order valence-electron chi connectivity index (χ1n) is 9.56. The molecule has 1 N–H and O–H groups in total. The Morgan fingerprint density at radius 3 is 2.59 bits per heavy atom. The molecule has 0 fully saturated rings. The van der Waals surface area contributed by atoms with Gasteiger partial charge in [-0.1, -0.05) is 36.4 Å². The van der Waals surface area contributed by atoms with E-state index in [9.17, 15) is 9.90 Å². The first-order valence-corrected chi connectivity index (χ1v) is 10.4. The Morgan fingerprint density at radius 2 is 1.93 bits per heavy atom. The van der Waals surface area contributed by atoms with Gasteiger partial charge in [0.1, 0.15) is 17.4 Å². The van der Waals surface area contributed by atoms with Gasteiger partial charge in [-0.05, 0) is 44.0 Å². The van der Waals surface area contributed by atoms with Crippen molar-refractivity contribution in [2.75, 3.05) is 6.61 Å². The van der Waals surface area contributed by atoms with E-state index in [4.69, 9.17) is 9.47 Å². The van der Waals surface area contributed by atoms with Crippen molar-refractivity contribution in [1.82, 2.24) is 4.98 Å². The summed E-state index contributed by atoms with van der Waals surface area (Å²) in [6, 6.07) is 15.8. The number of benzene rings is 2. The van der Waals surface area contributed by atoms with Gasteiger partial charge < -0.3 is 14.6 Å². The monoisotopic (exact) mass is 411 g/mol. The molecule has 3 rings (SSSR count). The lowest BCUT2D eigenvalue weighted by molar-refractivity contribution is -0.149. The number of aromatic nitrogens is 1. The molecule has 0 aliphatic heterocycles. The number of hydrogen-bond acceptors (Lipinski definition) is 5. The summed E-state index contributed by atoms with van der Waals surface area (Å²) in [7, 11) is 0. The molecule has 1 unspecified atom stereocenters. The minimum Gasteiger partial charge on any atom is -0.488 e. The molecular formula is C23H25NO4S. The third kappa shape index (κ3) is 5.43. The van der Waals surface area contributed by atoms with Gasteiger partial charge in [0.25, 0.3) is 0 Å². The molecule has 6 heteroatoms. The molecule has 0 amide bonds. The van der Waals surface area contributed by atoms with Gasteiger partial charge in [0.05, 0.1) is 10.6 Å². The first kappa shape index (κ1) is 21.0. The van der Waals surface area contributed by atoms with Crippen LogP contribution < -0.4 is 4.74 Å². The van der Waals surface area contributed by atoms with Crippen LogP contribution in [0.15, 0.2) is 48.5 Å². The summed E-state index contributed by atoms with van der Waals surface area (Å²) in [5, 5.41) is 10.3. The highest BCUT2D eigenvalue weighted by molar-refractivity contribution is 7.15. The van der Waals surface area contributed by atoms with Crippen molar-refractivity contribution in [2.24, 2.45) is 0 Å². The van der Waals surface area contributed by atoms with Gasteiger partial charge in [-0.25, -0.2) is 9.78 Å². The number of carboxylic acids is 1. The Balaban J connectivity index is 1.67. The Kier molecular flexibility index (Phi) is 7.01. The summed E-state index contributed by atoms with van der Waals surface area (Å²) in [5.41, 5.74) is 4.01. The molecule has 1 atom stereocenters. The summed E-state index contributed by atoms with van der Waals surface area (Å²) < 4.78 is 11.3. The molecule has 1 heterocycles. The van der Waals surface area contributed by atoms with E-state index < -0.39 is 12.1 Å². The van der Waals surface area contributed by atoms with E-state index in [1.807, 2.05) is 50.2 Å². The van der Waals surface area contributed by atoms with Crippen LogP contribution in [-0.2, 0) is 22.6 Å². The van der Waals surface area contributed by atoms with Crippen LogP contribution in [0.3, 0.4) is 0 Å².